The lowest BCUT2D eigenvalue weighted by Crippen LogP contribution is -2.14. The minimum atomic E-state index is -0.146. The predicted octanol–water partition coefficient (Wildman–Crippen LogP) is 3.33. The van der Waals surface area contributed by atoms with Crippen molar-refractivity contribution >= 4 is 22.6 Å². The molecule has 2 heterocycles. The number of hydrogen-bond acceptors (Lipinski definition) is 5. The summed E-state index contributed by atoms with van der Waals surface area (Å²) in [4.78, 5) is 30.7. The number of aryl methyl sites for hydroxylation is 1. The highest BCUT2D eigenvalue weighted by atomic mass is 16.5. The van der Waals surface area contributed by atoms with Crippen molar-refractivity contribution in [3.63, 3.8) is 0 Å². The zero-order valence-corrected chi connectivity index (χ0v) is 15.7. The molecule has 8 heteroatoms. The van der Waals surface area contributed by atoms with Gasteiger partial charge in [-0.1, -0.05) is 11.2 Å². The lowest BCUT2D eigenvalue weighted by atomic mass is 10.1. The van der Waals surface area contributed by atoms with Gasteiger partial charge in [-0.05, 0) is 49.7 Å². The summed E-state index contributed by atoms with van der Waals surface area (Å²) in [6.45, 7) is 5.86. The monoisotopic (exact) mass is 377 g/mol. The lowest BCUT2D eigenvalue weighted by molar-refractivity contribution is -0.114. The molecule has 0 radical (unpaired) electrons. The normalized spacial score (nSPS) is 11.1. The summed E-state index contributed by atoms with van der Waals surface area (Å²) >= 11 is 0. The van der Waals surface area contributed by atoms with E-state index in [0.717, 1.165) is 27.7 Å². The number of carbonyl (C=O) groups is 1. The van der Waals surface area contributed by atoms with Gasteiger partial charge in [0.25, 0.3) is 5.89 Å². The molecule has 0 bridgehead atoms. The maximum atomic E-state index is 12.0. The fraction of sp³-hybridized carbons (Fsp3) is 0.200. The fourth-order valence-corrected chi connectivity index (χ4v) is 3.26. The average molecular weight is 377 g/mol. The van der Waals surface area contributed by atoms with Gasteiger partial charge in [0.1, 0.15) is 0 Å². The standard InChI is InChI=1S/C20H19N5O3/c1-4-25-17-9-8-13(10-16(17)22-20(25)27)18-23-19(28-24-18)14-6-5-7-15(11(14)2)21-12(3)26/h5-10H,4H2,1-3H3,(H,21,26)(H,22,27). The third-order valence-electron chi connectivity index (χ3n) is 4.65. The van der Waals surface area contributed by atoms with Crippen LogP contribution in [0.2, 0.25) is 0 Å². The first kappa shape index (κ1) is 17.7. The molecular weight excluding hydrogens is 358 g/mol. The summed E-state index contributed by atoms with van der Waals surface area (Å²) < 4.78 is 7.12. The Balaban J connectivity index is 1.73. The second kappa shape index (κ2) is 6.80. The van der Waals surface area contributed by atoms with Crippen LogP contribution in [-0.2, 0) is 11.3 Å². The summed E-state index contributed by atoms with van der Waals surface area (Å²) in [7, 11) is 0. The van der Waals surface area contributed by atoms with Crippen molar-refractivity contribution in [2.45, 2.75) is 27.3 Å². The number of nitrogens with zero attached hydrogens (tertiary/aromatic N) is 3. The first-order valence-electron chi connectivity index (χ1n) is 8.92. The molecule has 0 unspecified atom stereocenters. The van der Waals surface area contributed by atoms with E-state index in [1.165, 1.54) is 6.92 Å². The van der Waals surface area contributed by atoms with Crippen LogP contribution in [0.1, 0.15) is 19.4 Å². The number of carbonyl (C=O) groups excluding carboxylic acids is 1. The van der Waals surface area contributed by atoms with Gasteiger partial charge in [-0.3, -0.25) is 9.36 Å². The SMILES string of the molecule is CCn1c(=O)[nH]c2cc(-c3noc(-c4cccc(NC(C)=O)c4C)n3)ccc21. The Kier molecular flexibility index (Phi) is 4.31. The molecule has 2 aromatic carbocycles. The van der Waals surface area contributed by atoms with Crippen LogP contribution >= 0.6 is 0 Å². The largest absolute Gasteiger partial charge is 0.334 e. The smallest absolute Gasteiger partial charge is 0.326 e. The Hall–Kier alpha value is -3.68. The highest BCUT2D eigenvalue weighted by molar-refractivity contribution is 5.90. The van der Waals surface area contributed by atoms with Crippen LogP contribution in [0.3, 0.4) is 0 Å². The number of aromatic amines is 1. The molecule has 0 saturated heterocycles. The molecule has 0 aliphatic heterocycles. The van der Waals surface area contributed by atoms with Crippen molar-refractivity contribution in [1.82, 2.24) is 19.7 Å². The van der Waals surface area contributed by atoms with Gasteiger partial charge in [0.15, 0.2) is 0 Å². The van der Waals surface area contributed by atoms with Gasteiger partial charge in [0.05, 0.1) is 11.0 Å². The third-order valence-corrected chi connectivity index (χ3v) is 4.65. The highest BCUT2D eigenvalue weighted by Gasteiger charge is 2.16. The van der Waals surface area contributed by atoms with Gasteiger partial charge < -0.3 is 14.8 Å². The van der Waals surface area contributed by atoms with Crippen LogP contribution in [-0.4, -0.2) is 25.6 Å². The minimum absolute atomic E-state index is 0.145. The molecule has 0 saturated carbocycles. The quantitative estimate of drug-likeness (QED) is 0.567. The van der Waals surface area contributed by atoms with E-state index in [1.807, 2.05) is 50.2 Å². The molecule has 0 spiro atoms. The summed E-state index contributed by atoms with van der Waals surface area (Å²) in [5, 5.41) is 6.87. The van der Waals surface area contributed by atoms with Crippen molar-refractivity contribution in [2.75, 3.05) is 5.32 Å². The first-order valence-corrected chi connectivity index (χ1v) is 8.92. The van der Waals surface area contributed by atoms with Gasteiger partial charge in [-0.2, -0.15) is 4.98 Å². The van der Waals surface area contributed by atoms with E-state index in [1.54, 1.807) is 4.57 Å². The van der Waals surface area contributed by atoms with Crippen LogP contribution < -0.4 is 11.0 Å². The van der Waals surface area contributed by atoms with E-state index in [0.29, 0.717) is 23.9 Å². The van der Waals surface area contributed by atoms with Gasteiger partial charge in [-0.15, -0.1) is 0 Å². The number of anilines is 1. The zero-order chi connectivity index (χ0) is 19.8. The molecule has 4 aromatic rings. The molecule has 2 N–H and O–H groups in total. The Labute approximate surface area is 160 Å². The second-order valence-corrected chi connectivity index (χ2v) is 6.49. The maximum absolute atomic E-state index is 12.0. The topological polar surface area (TPSA) is 106 Å². The molecule has 2 aromatic heterocycles. The van der Waals surface area contributed by atoms with Crippen molar-refractivity contribution in [3.8, 4) is 22.8 Å². The van der Waals surface area contributed by atoms with Crippen LogP contribution in [0, 0.1) is 6.92 Å². The van der Waals surface area contributed by atoms with E-state index in [2.05, 4.69) is 20.4 Å². The highest BCUT2D eigenvalue weighted by Crippen LogP contribution is 2.29. The predicted molar refractivity (Wildman–Crippen MR) is 106 cm³/mol. The lowest BCUT2D eigenvalue weighted by Gasteiger charge is -2.08. The van der Waals surface area contributed by atoms with Crippen molar-refractivity contribution < 1.29 is 9.32 Å². The number of aromatic nitrogens is 4. The number of imidazole rings is 1. The maximum Gasteiger partial charge on any atom is 0.326 e. The van der Waals surface area contributed by atoms with Crippen LogP contribution in [0.25, 0.3) is 33.9 Å². The van der Waals surface area contributed by atoms with Gasteiger partial charge >= 0.3 is 5.69 Å². The molecule has 142 valence electrons. The number of fused-ring (bicyclic) bond motifs is 1. The molecular formula is C20H19N5O3. The second-order valence-electron chi connectivity index (χ2n) is 6.49. The number of nitrogens with one attached hydrogen (secondary N) is 2. The zero-order valence-electron chi connectivity index (χ0n) is 15.7. The van der Waals surface area contributed by atoms with E-state index < -0.39 is 0 Å². The molecule has 0 fully saturated rings. The minimum Gasteiger partial charge on any atom is -0.334 e. The molecule has 28 heavy (non-hydrogen) atoms. The van der Waals surface area contributed by atoms with Crippen LogP contribution in [0.5, 0.6) is 0 Å². The molecule has 8 nitrogen and oxygen atoms in total. The number of hydrogen-bond donors (Lipinski definition) is 2. The molecule has 0 atom stereocenters. The third kappa shape index (κ3) is 2.98. The Bertz CT molecular complexity index is 1250. The molecule has 1 amide bonds. The first-order chi connectivity index (χ1) is 13.5. The van der Waals surface area contributed by atoms with E-state index in [4.69, 9.17) is 4.52 Å². The molecule has 0 aliphatic rings. The fourth-order valence-electron chi connectivity index (χ4n) is 3.26. The van der Waals surface area contributed by atoms with E-state index >= 15 is 0 Å². The van der Waals surface area contributed by atoms with Crippen LogP contribution in [0.4, 0.5) is 5.69 Å². The van der Waals surface area contributed by atoms with Crippen molar-refractivity contribution in [1.29, 1.82) is 0 Å². The summed E-state index contributed by atoms with van der Waals surface area (Å²) in [5.41, 5.74) is 4.43. The van der Waals surface area contributed by atoms with Crippen molar-refractivity contribution in [2.24, 2.45) is 0 Å². The van der Waals surface area contributed by atoms with E-state index in [-0.39, 0.29) is 11.6 Å². The number of H-pyrrole nitrogens is 1. The Morgan fingerprint density at radius 2 is 2.11 bits per heavy atom. The number of rotatable bonds is 4. The summed E-state index contributed by atoms with van der Waals surface area (Å²) in [6.07, 6.45) is 0. The van der Waals surface area contributed by atoms with Gasteiger partial charge in [0.2, 0.25) is 11.7 Å². The number of benzene rings is 2. The van der Waals surface area contributed by atoms with Gasteiger partial charge in [0, 0.05) is 30.3 Å². The van der Waals surface area contributed by atoms with E-state index in [9.17, 15) is 9.59 Å². The Morgan fingerprint density at radius 3 is 2.86 bits per heavy atom. The number of amides is 1. The molecule has 0 aliphatic carbocycles. The average Bonchev–Trinajstić information content (AvgIpc) is 3.26. The Morgan fingerprint density at radius 1 is 1.29 bits per heavy atom. The van der Waals surface area contributed by atoms with Gasteiger partial charge in [-0.25, -0.2) is 4.79 Å². The molecule has 4 rings (SSSR count). The summed E-state index contributed by atoms with van der Waals surface area (Å²) in [6, 6.07) is 11.1. The van der Waals surface area contributed by atoms with Crippen LogP contribution in [0.15, 0.2) is 45.7 Å². The van der Waals surface area contributed by atoms with Crippen molar-refractivity contribution in [3.05, 3.63) is 52.4 Å². The summed E-state index contributed by atoms with van der Waals surface area (Å²) in [5.74, 6) is 0.638.